The predicted octanol–water partition coefficient (Wildman–Crippen LogP) is -0.433. The Bertz CT molecular complexity index is 190. The molecule has 2 heterocycles. The highest BCUT2D eigenvalue weighted by molar-refractivity contribution is 4.88. The summed E-state index contributed by atoms with van der Waals surface area (Å²) in [5.41, 5.74) is 0. The molecule has 10 heavy (non-hydrogen) atoms. The van der Waals surface area contributed by atoms with Gasteiger partial charge in [-0.1, -0.05) is 0 Å². The van der Waals surface area contributed by atoms with Gasteiger partial charge in [0.25, 0.3) is 0 Å². The highest BCUT2D eigenvalue weighted by atomic mass is 15.2. The topological polar surface area (TPSA) is 53.6 Å². The van der Waals surface area contributed by atoms with Crippen LogP contribution in [-0.4, -0.2) is 28.3 Å². The lowest BCUT2D eigenvalue weighted by atomic mass is 9.99. The smallest absolute Gasteiger partial charge is 0.137 e. The molecule has 0 aliphatic carbocycles. The maximum Gasteiger partial charge on any atom is 0.137 e. The van der Waals surface area contributed by atoms with E-state index in [9.17, 15) is 0 Å². The molecule has 0 unspecified atom stereocenters. The molecule has 0 radical (unpaired) electrons. The zero-order valence-corrected chi connectivity index (χ0v) is 5.67. The third kappa shape index (κ3) is 1.02. The maximum absolute atomic E-state index is 4.04. The fraction of sp³-hybridized carbons (Fsp3) is 0.667. The average Bonchev–Trinajstić information content (AvgIpc) is 2.29. The fourth-order valence-electron chi connectivity index (χ4n) is 1.10. The van der Waals surface area contributed by atoms with E-state index in [2.05, 4.69) is 20.5 Å². The third-order valence-electron chi connectivity index (χ3n) is 1.81. The van der Waals surface area contributed by atoms with E-state index in [4.69, 9.17) is 0 Å². The summed E-state index contributed by atoms with van der Waals surface area (Å²) in [6.45, 7) is 2.25. The average molecular weight is 138 g/mol. The summed E-state index contributed by atoms with van der Waals surface area (Å²) in [6.07, 6.45) is 2.59. The van der Waals surface area contributed by atoms with Crippen molar-refractivity contribution in [2.45, 2.75) is 6.42 Å². The summed E-state index contributed by atoms with van der Waals surface area (Å²) in [5, 5.41) is 9.84. The van der Waals surface area contributed by atoms with Crippen LogP contribution < -0.4 is 5.32 Å². The Morgan fingerprint density at radius 1 is 1.60 bits per heavy atom. The van der Waals surface area contributed by atoms with Crippen molar-refractivity contribution in [3.63, 3.8) is 0 Å². The van der Waals surface area contributed by atoms with Gasteiger partial charge in [0.2, 0.25) is 0 Å². The molecule has 0 spiro atoms. The van der Waals surface area contributed by atoms with Crippen molar-refractivity contribution >= 4 is 0 Å². The van der Waals surface area contributed by atoms with Crippen LogP contribution in [0, 0.1) is 5.92 Å². The van der Waals surface area contributed by atoms with Crippen molar-refractivity contribution in [2.75, 3.05) is 13.1 Å². The van der Waals surface area contributed by atoms with E-state index in [1.165, 1.54) is 0 Å². The molecule has 0 bridgehead atoms. The molecule has 54 valence electrons. The molecule has 1 aliphatic rings. The molecule has 2 rings (SSSR count). The van der Waals surface area contributed by atoms with Crippen LogP contribution in [0.1, 0.15) is 5.82 Å². The van der Waals surface area contributed by atoms with Crippen LogP contribution >= 0.6 is 0 Å². The van der Waals surface area contributed by atoms with Gasteiger partial charge in [-0.2, -0.15) is 5.10 Å². The molecule has 4 nitrogen and oxygen atoms in total. The van der Waals surface area contributed by atoms with E-state index >= 15 is 0 Å². The van der Waals surface area contributed by atoms with Crippen molar-refractivity contribution in [3.05, 3.63) is 12.2 Å². The van der Waals surface area contributed by atoms with Crippen LogP contribution in [0.2, 0.25) is 0 Å². The molecule has 1 fully saturated rings. The van der Waals surface area contributed by atoms with Gasteiger partial charge in [-0.25, -0.2) is 4.98 Å². The van der Waals surface area contributed by atoms with Gasteiger partial charge in [0.15, 0.2) is 0 Å². The Morgan fingerprint density at radius 2 is 2.50 bits per heavy atom. The number of H-pyrrole nitrogens is 1. The Morgan fingerprint density at radius 3 is 3.00 bits per heavy atom. The largest absolute Gasteiger partial charge is 0.316 e. The number of aromatic amines is 1. The van der Waals surface area contributed by atoms with Gasteiger partial charge in [0.05, 0.1) is 0 Å². The van der Waals surface area contributed by atoms with Crippen LogP contribution in [0.25, 0.3) is 0 Å². The highest BCUT2D eigenvalue weighted by Crippen LogP contribution is 2.07. The standard InChI is InChI=1S/C6H10N4/c1(5-2-7-3-5)6-8-4-9-10-6/h4-5,7H,1-3H2,(H,8,9,10). The van der Waals surface area contributed by atoms with Crippen LogP contribution in [0.15, 0.2) is 6.33 Å². The number of aromatic nitrogens is 3. The van der Waals surface area contributed by atoms with E-state index in [-0.39, 0.29) is 0 Å². The van der Waals surface area contributed by atoms with Crippen molar-refractivity contribution in [1.29, 1.82) is 0 Å². The van der Waals surface area contributed by atoms with Gasteiger partial charge in [-0.15, -0.1) is 0 Å². The number of nitrogens with zero attached hydrogens (tertiary/aromatic N) is 2. The summed E-state index contributed by atoms with van der Waals surface area (Å²) in [6, 6.07) is 0. The van der Waals surface area contributed by atoms with Gasteiger partial charge in [0, 0.05) is 6.42 Å². The van der Waals surface area contributed by atoms with Crippen molar-refractivity contribution in [1.82, 2.24) is 20.5 Å². The number of nitrogens with one attached hydrogen (secondary N) is 2. The van der Waals surface area contributed by atoms with Gasteiger partial charge >= 0.3 is 0 Å². The lowest BCUT2D eigenvalue weighted by Crippen LogP contribution is -2.43. The van der Waals surface area contributed by atoms with Crippen molar-refractivity contribution < 1.29 is 0 Å². The highest BCUT2D eigenvalue weighted by Gasteiger charge is 2.17. The summed E-state index contributed by atoms with van der Waals surface area (Å²) >= 11 is 0. The van der Waals surface area contributed by atoms with E-state index in [0.29, 0.717) is 0 Å². The Kier molecular flexibility index (Phi) is 1.39. The molecular formula is C6H10N4. The van der Waals surface area contributed by atoms with Crippen LogP contribution in [0.4, 0.5) is 0 Å². The molecule has 0 aromatic carbocycles. The fourth-order valence-corrected chi connectivity index (χ4v) is 1.10. The van der Waals surface area contributed by atoms with Crippen molar-refractivity contribution in [2.24, 2.45) is 5.92 Å². The third-order valence-corrected chi connectivity index (χ3v) is 1.81. The maximum atomic E-state index is 4.04. The Labute approximate surface area is 59.1 Å². The molecule has 0 atom stereocenters. The van der Waals surface area contributed by atoms with Gasteiger partial charge in [-0.3, -0.25) is 5.10 Å². The minimum Gasteiger partial charge on any atom is -0.316 e. The van der Waals surface area contributed by atoms with Gasteiger partial charge in [-0.05, 0) is 19.0 Å². The van der Waals surface area contributed by atoms with E-state index in [1.807, 2.05) is 0 Å². The molecule has 0 amide bonds. The zero-order chi connectivity index (χ0) is 6.81. The van der Waals surface area contributed by atoms with Crippen LogP contribution in [-0.2, 0) is 6.42 Å². The Balaban J connectivity index is 1.90. The van der Waals surface area contributed by atoms with E-state index in [1.54, 1.807) is 6.33 Å². The summed E-state index contributed by atoms with van der Waals surface area (Å²) in [4.78, 5) is 4.04. The van der Waals surface area contributed by atoms with Gasteiger partial charge in [0.1, 0.15) is 12.2 Å². The van der Waals surface area contributed by atoms with Crippen molar-refractivity contribution in [3.8, 4) is 0 Å². The quantitative estimate of drug-likeness (QED) is 0.583. The molecular weight excluding hydrogens is 128 g/mol. The molecule has 1 saturated heterocycles. The minimum absolute atomic E-state index is 0.771. The second-order valence-corrected chi connectivity index (χ2v) is 2.66. The zero-order valence-electron chi connectivity index (χ0n) is 5.67. The number of rotatable bonds is 2. The minimum atomic E-state index is 0.771. The first kappa shape index (κ1) is 5.85. The number of hydrogen-bond donors (Lipinski definition) is 2. The van der Waals surface area contributed by atoms with E-state index in [0.717, 1.165) is 31.3 Å². The summed E-state index contributed by atoms with van der Waals surface area (Å²) in [5.74, 6) is 1.78. The molecule has 1 aliphatic heterocycles. The second kappa shape index (κ2) is 2.38. The first-order valence-electron chi connectivity index (χ1n) is 3.50. The Hall–Kier alpha value is -0.900. The molecule has 1 aromatic rings. The lowest BCUT2D eigenvalue weighted by molar-refractivity contribution is 0.341. The normalized spacial score (nSPS) is 18.8. The molecule has 1 aromatic heterocycles. The number of hydrogen-bond acceptors (Lipinski definition) is 3. The SMILES string of the molecule is c1n[nH]c(CC2CNC2)n1. The van der Waals surface area contributed by atoms with Crippen LogP contribution in [0.3, 0.4) is 0 Å². The molecule has 4 heteroatoms. The van der Waals surface area contributed by atoms with E-state index < -0.39 is 0 Å². The first-order chi connectivity index (χ1) is 4.95. The summed E-state index contributed by atoms with van der Waals surface area (Å²) < 4.78 is 0. The predicted molar refractivity (Wildman–Crippen MR) is 36.4 cm³/mol. The molecule has 0 saturated carbocycles. The summed E-state index contributed by atoms with van der Waals surface area (Å²) in [7, 11) is 0. The van der Waals surface area contributed by atoms with Gasteiger partial charge < -0.3 is 5.32 Å². The monoisotopic (exact) mass is 138 g/mol. The second-order valence-electron chi connectivity index (χ2n) is 2.66. The lowest BCUT2D eigenvalue weighted by Gasteiger charge is -2.25. The van der Waals surface area contributed by atoms with Crippen LogP contribution in [0.5, 0.6) is 0 Å². The molecule has 2 N–H and O–H groups in total. The first-order valence-corrected chi connectivity index (χ1v) is 3.50.